The Morgan fingerprint density at radius 1 is 1.50 bits per heavy atom. The van der Waals surface area contributed by atoms with Gasteiger partial charge in [-0.15, -0.1) is 11.6 Å². The molecule has 1 fully saturated rings. The maximum absolute atomic E-state index is 13.9. The molecule has 1 atom stereocenters. The second-order valence-corrected chi connectivity index (χ2v) is 4.91. The van der Waals surface area contributed by atoms with Crippen LogP contribution in [0.1, 0.15) is 16.8 Å². The molecule has 1 amide bonds. The molecule has 0 saturated carbocycles. The number of halogens is 3. The van der Waals surface area contributed by atoms with Gasteiger partial charge >= 0.3 is 5.69 Å². The number of hydrogen-bond acceptors (Lipinski definition) is 3. The molecular weight excluding hydrogens is 294 g/mol. The first-order chi connectivity index (χ1) is 9.43. The quantitative estimate of drug-likeness (QED) is 0.490. The standard InChI is InChI=1S/C12H11ClF2N2O3/c13-5-7-1-2-16(6-7)12(18)9-3-8(14)4-10(11(9)15)17(19)20/h3-4,7H,1-2,5-6H2. The van der Waals surface area contributed by atoms with Crippen molar-refractivity contribution in [2.75, 3.05) is 19.0 Å². The van der Waals surface area contributed by atoms with Crippen LogP contribution in [0.3, 0.4) is 0 Å². The molecule has 1 unspecified atom stereocenters. The maximum atomic E-state index is 13.9. The van der Waals surface area contributed by atoms with E-state index in [9.17, 15) is 23.7 Å². The number of carbonyl (C=O) groups excluding carboxylic acids is 1. The Morgan fingerprint density at radius 3 is 2.75 bits per heavy atom. The van der Waals surface area contributed by atoms with Crippen LogP contribution < -0.4 is 0 Å². The van der Waals surface area contributed by atoms with E-state index in [4.69, 9.17) is 11.6 Å². The van der Waals surface area contributed by atoms with Crippen molar-refractivity contribution in [1.29, 1.82) is 0 Å². The SMILES string of the molecule is O=C(c1cc(F)cc([N+](=O)[O-])c1F)N1CCC(CCl)C1. The Morgan fingerprint density at radius 2 is 2.20 bits per heavy atom. The molecule has 0 radical (unpaired) electrons. The number of rotatable bonds is 3. The summed E-state index contributed by atoms with van der Waals surface area (Å²) in [7, 11) is 0. The zero-order chi connectivity index (χ0) is 14.9. The van der Waals surface area contributed by atoms with E-state index in [1.165, 1.54) is 4.90 Å². The van der Waals surface area contributed by atoms with Gasteiger partial charge in [-0.1, -0.05) is 0 Å². The number of nitro benzene ring substituents is 1. The monoisotopic (exact) mass is 304 g/mol. The topological polar surface area (TPSA) is 63.4 Å². The highest BCUT2D eigenvalue weighted by molar-refractivity contribution is 6.18. The lowest BCUT2D eigenvalue weighted by molar-refractivity contribution is -0.387. The fourth-order valence-corrected chi connectivity index (χ4v) is 2.43. The zero-order valence-electron chi connectivity index (χ0n) is 10.3. The van der Waals surface area contributed by atoms with Crippen LogP contribution in [0, 0.1) is 27.7 Å². The molecule has 2 rings (SSSR count). The molecule has 1 heterocycles. The highest BCUT2D eigenvalue weighted by Crippen LogP contribution is 2.26. The smallest absolute Gasteiger partial charge is 0.308 e. The van der Waals surface area contributed by atoms with Crippen LogP contribution in [0.2, 0.25) is 0 Å². The summed E-state index contributed by atoms with van der Waals surface area (Å²) in [6.45, 7) is 0.714. The number of nitrogens with zero attached hydrogens (tertiary/aromatic N) is 2. The highest BCUT2D eigenvalue weighted by Gasteiger charge is 2.31. The second-order valence-electron chi connectivity index (χ2n) is 4.60. The molecule has 108 valence electrons. The first-order valence-corrected chi connectivity index (χ1v) is 6.46. The van der Waals surface area contributed by atoms with E-state index in [0.717, 1.165) is 0 Å². The van der Waals surface area contributed by atoms with Crippen molar-refractivity contribution in [3.05, 3.63) is 39.4 Å². The number of amides is 1. The van der Waals surface area contributed by atoms with E-state index in [0.29, 0.717) is 37.5 Å². The zero-order valence-corrected chi connectivity index (χ0v) is 11.1. The van der Waals surface area contributed by atoms with Crippen LogP contribution in [0.25, 0.3) is 0 Å². The Bertz CT molecular complexity index is 568. The minimum absolute atomic E-state index is 0.104. The van der Waals surface area contributed by atoms with Gasteiger partial charge in [0, 0.05) is 19.0 Å². The molecule has 1 aliphatic rings. The minimum atomic E-state index is -1.31. The molecule has 5 nitrogen and oxygen atoms in total. The van der Waals surface area contributed by atoms with Gasteiger partial charge in [0.1, 0.15) is 5.82 Å². The average molecular weight is 305 g/mol. The summed E-state index contributed by atoms with van der Waals surface area (Å²) in [4.78, 5) is 23.0. The van der Waals surface area contributed by atoms with E-state index < -0.39 is 33.7 Å². The van der Waals surface area contributed by atoms with E-state index in [2.05, 4.69) is 0 Å². The van der Waals surface area contributed by atoms with E-state index in [1.54, 1.807) is 0 Å². The molecular formula is C12H11ClF2N2O3. The lowest BCUT2D eigenvalue weighted by atomic mass is 10.1. The van der Waals surface area contributed by atoms with Gasteiger partial charge in [-0.2, -0.15) is 4.39 Å². The van der Waals surface area contributed by atoms with Crippen molar-refractivity contribution in [2.24, 2.45) is 5.92 Å². The highest BCUT2D eigenvalue weighted by atomic mass is 35.5. The number of likely N-dealkylation sites (tertiary alicyclic amines) is 1. The van der Waals surface area contributed by atoms with Gasteiger partial charge in [-0.3, -0.25) is 14.9 Å². The fraction of sp³-hybridized carbons (Fsp3) is 0.417. The van der Waals surface area contributed by atoms with Crippen molar-refractivity contribution in [3.63, 3.8) is 0 Å². The average Bonchev–Trinajstić information content (AvgIpc) is 2.88. The van der Waals surface area contributed by atoms with Gasteiger partial charge in [-0.05, 0) is 18.4 Å². The Labute approximate surface area is 118 Å². The molecule has 20 heavy (non-hydrogen) atoms. The summed E-state index contributed by atoms with van der Waals surface area (Å²) in [6.07, 6.45) is 0.675. The molecule has 0 bridgehead atoms. The van der Waals surface area contributed by atoms with Gasteiger partial charge < -0.3 is 4.90 Å². The first-order valence-electron chi connectivity index (χ1n) is 5.92. The van der Waals surface area contributed by atoms with Gasteiger partial charge in [0.25, 0.3) is 5.91 Å². The van der Waals surface area contributed by atoms with Crippen molar-refractivity contribution in [1.82, 2.24) is 4.90 Å². The molecule has 8 heteroatoms. The molecule has 1 aromatic rings. The number of benzene rings is 1. The molecule has 1 aromatic carbocycles. The number of nitro groups is 1. The molecule has 0 aromatic heterocycles. The number of alkyl halides is 1. The van der Waals surface area contributed by atoms with Crippen LogP contribution in [0.15, 0.2) is 12.1 Å². The molecule has 1 aliphatic heterocycles. The third-order valence-electron chi connectivity index (χ3n) is 3.24. The predicted molar refractivity (Wildman–Crippen MR) is 67.7 cm³/mol. The summed E-state index contributed by atoms with van der Waals surface area (Å²) < 4.78 is 27.2. The van der Waals surface area contributed by atoms with Crippen LogP contribution in [-0.2, 0) is 0 Å². The third kappa shape index (κ3) is 2.72. The van der Waals surface area contributed by atoms with Crippen LogP contribution >= 0.6 is 11.6 Å². The Kier molecular flexibility index (Phi) is 4.17. The lowest BCUT2D eigenvalue weighted by Gasteiger charge is -2.16. The van der Waals surface area contributed by atoms with Gasteiger partial charge in [0.15, 0.2) is 0 Å². The molecule has 0 N–H and O–H groups in total. The number of carbonyl (C=O) groups is 1. The summed E-state index contributed by atoms with van der Waals surface area (Å²) >= 11 is 5.69. The van der Waals surface area contributed by atoms with Gasteiger partial charge in [0.05, 0.1) is 16.6 Å². The molecule has 1 saturated heterocycles. The predicted octanol–water partition coefficient (Wildman–Crippen LogP) is 2.57. The van der Waals surface area contributed by atoms with Crippen molar-refractivity contribution in [3.8, 4) is 0 Å². The largest absolute Gasteiger partial charge is 0.338 e. The first kappa shape index (κ1) is 14.6. The normalized spacial score (nSPS) is 18.4. The van der Waals surface area contributed by atoms with E-state index >= 15 is 0 Å². The van der Waals surface area contributed by atoms with E-state index in [1.807, 2.05) is 0 Å². The van der Waals surface area contributed by atoms with Crippen LogP contribution in [0.5, 0.6) is 0 Å². The second kappa shape index (κ2) is 5.70. The van der Waals surface area contributed by atoms with E-state index in [-0.39, 0.29) is 5.92 Å². The summed E-state index contributed by atoms with van der Waals surface area (Å²) in [5.74, 6) is -2.61. The Balaban J connectivity index is 2.33. The summed E-state index contributed by atoms with van der Waals surface area (Å²) in [5, 5.41) is 10.6. The van der Waals surface area contributed by atoms with Crippen LogP contribution in [0.4, 0.5) is 14.5 Å². The summed E-state index contributed by atoms with van der Waals surface area (Å²) in [6, 6.07) is 1.14. The third-order valence-corrected chi connectivity index (χ3v) is 3.67. The van der Waals surface area contributed by atoms with Gasteiger partial charge in [0.2, 0.25) is 5.82 Å². The maximum Gasteiger partial charge on any atom is 0.308 e. The Hall–Kier alpha value is -1.76. The molecule has 0 aliphatic carbocycles. The molecule has 0 spiro atoms. The van der Waals surface area contributed by atoms with Crippen molar-refractivity contribution < 1.29 is 18.5 Å². The van der Waals surface area contributed by atoms with Crippen molar-refractivity contribution in [2.45, 2.75) is 6.42 Å². The summed E-state index contributed by atoms with van der Waals surface area (Å²) in [5.41, 5.74) is -1.66. The minimum Gasteiger partial charge on any atom is -0.338 e. The van der Waals surface area contributed by atoms with Gasteiger partial charge in [-0.25, -0.2) is 4.39 Å². The number of hydrogen-bond donors (Lipinski definition) is 0. The fourth-order valence-electron chi connectivity index (χ4n) is 2.18. The lowest BCUT2D eigenvalue weighted by Crippen LogP contribution is -2.30. The van der Waals surface area contributed by atoms with Crippen LogP contribution in [-0.4, -0.2) is 34.7 Å². The van der Waals surface area contributed by atoms with Crippen molar-refractivity contribution >= 4 is 23.2 Å².